The van der Waals surface area contributed by atoms with E-state index in [1.165, 1.54) is 16.7 Å². The van der Waals surface area contributed by atoms with E-state index in [4.69, 9.17) is 5.73 Å². The van der Waals surface area contributed by atoms with Crippen molar-refractivity contribution >= 4 is 5.91 Å². The van der Waals surface area contributed by atoms with Gasteiger partial charge in [0.05, 0.1) is 6.42 Å². The van der Waals surface area contributed by atoms with Crippen LogP contribution in [0.1, 0.15) is 35.4 Å². The van der Waals surface area contributed by atoms with Crippen LogP contribution >= 0.6 is 0 Å². The van der Waals surface area contributed by atoms with Gasteiger partial charge in [-0.1, -0.05) is 78.9 Å². The van der Waals surface area contributed by atoms with Crippen molar-refractivity contribution in [2.24, 2.45) is 5.73 Å². The van der Waals surface area contributed by atoms with Gasteiger partial charge in [0.25, 0.3) is 0 Å². The Morgan fingerprint density at radius 2 is 1.52 bits per heavy atom. The number of nitrogens with zero attached hydrogens (tertiary/aromatic N) is 1. The van der Waals surface area contributed by atoms with E-state index in [0.717, 1.165) is 37.1 Å². The van der Waals surface area contributed by atoms with Crippen LogP contribution in [0, 0.1) is 0 Å². The molecule has 148 valence electrons. The number of carbonyl (C=O) groups is 1. The molecule has 3 aromatic rings. The first kappa shape index (κ1) is 19.4. The molecule has 3 heteroatoms. The first-order valence-corrected chi connectivity index (χ1v) is 10.4. The third-order valence-electron chi connectivity index (χ3n) is 5.90. The summed E-state index contributed by atoms with van der Waals surface area (Å²) in [5.41, 5.74) is 11.7. The van der Waals surface area contributed by atoms with E-state index in [1.54, 1.807) is 0 Å². The predicted molar refractivity (Wildman–Crippen MR) is 118 cm³/mol. The van der Waals surface area contributed by atoms with Gasteiger partial charge in [-0.3, -0.25) is 4.79 Å². The number of piperidine rings is 1. The normalized spacial score (nSPS) is 14.7. The highest BCUT2D eigenvalue weighted by Crippen LogP contribution is 2.29. The minimum Gasteiger partial charge on any atom is -0.342 e. The van der Waals surface area contributed by atoms with Gasteiger partial charge < -0.3 is 10.6 Å². The van der Waals surface area contributed by atoms with E-state index < -0.39 is 0 Å². The SMILES string of the molecule is NCc1cccc(C2CCN(C(=O)Cc3cccc(-c4ccccc4)c3)CC2)c1. The minimum atomic E-state index is 0.226. The second-order valence-electron chi connectivity index (χ2n) is 7.85. The van der Waals surface area contributed by atoms with Gasteiger partial charge in [-0.25, -0.2) is 0 Å². The zero-order chi connectivity index (χ0) is 20.1. The van der Waals surface area contributed by atoms with Gasteiger partial charge in [0.2, 0.25) is 5.91 Å². The quantitative estimate of drug-likeness (QED) is 0.689. The Morgan fingerprint density at radius 1 is 0.828 bits per heavy atom. The molecule has 1 saturated heterocycles. The molecular weight excluding hydrogens is 356 g/mol. The van der Waals surface area contributed by atoms with Crippen LogP contribution in [-0.4, -0.2) is 23.9 Å². The maximum Gasteiger partial charge on any atom is 0.226 e. The van der Waals surface area contributed by atoms with E-state index >= 15 is 0 Å². The van der Waals surface area contributed by atoms with Crippen LogP contribution in [0.25, 0.3) is 11.1 Å². The summed E-state index contributed by atoms with van der Waals surface area (Å²) in [6, 6.07) is 27.2. The molecule has 1 aliphatic rings. The summed E-state index contributed by atoms with van der Waals surface area (Å²) in [5, 5.41) is 0. The number of nitrogens with two attached hydrogens (primary N) is 1. The van der Waals surface area contributed by atoms with Crippen molar-refractivity contribution in [2.45, 2.75) is 31.7 Å². The van der Waals surface area contributed by atoms with E-state index in [-0.39, 0.29) is 5.91 Å². The predicted octanol–water partition coefficient (Wildman–Crippen LogP) is 4.76. The van der Waals surface area contributed by atoms with Gasteiger partial charge in [-0.15, -0.1) is 0 Å². The Hall–Kier alpha value is -2.91. The van der Waals surface area contributed by atoms with Gasteiger partial charge in [0.15, 0.2) is 0 Å². The Morgan fingerprint density at radius 3 is 2.28 bits per heavy atom. The second-order valence-corrected chi connectivity index (χ2v) is 7.85. The molecule has 1 fully saturated rings. The van der Waals surface area contributed by atoms with E-state index in [0.29, 0.717) is 18.9 Å². The summed E-state index contributed by atoms with van der Waals surface area (Å²) in [7, 11) is 0. The van der Waals surface area contributed by atoms with Crippen molar-refractivity contribution in [1.82, 2.24) is 4.90 Å². The number of rotatable bonds is 5. The number of hydrogen-bond acceptors (Lipinski definition) is 2. The maximum atomic E-state index is 12.9. The fraction of sp³-hybridized carbons (Fsp3) is 0.269. The van der Waals surface area contributed by atoms with Crippen LogP contribution in [0.2, 0.25) is 0 Å². The Labute approximate surface area is 173 Å². The molecule has 1 aliphatic heterocycles. The largest absolute Gasteiger partial charge is 0.342 e. The molecule has 29 heavy (non-hydrogen) atoms. The molecule has 0 spiro atoms. The summed E-state index contributed by atoms with van der Waals surface area (Å²) >= 11 is 0. The van der Waals surface area contributed by atoms with Gasteiger partial charge >= 0.3 is 0 Å². The number of likely N-dealkylation sites (tertiary alicyclic amines) is 1. The molecule has 3 nitrogen and oxygen atoms in total. The van der Waals surface area contributed by atoms with Gasteiger partial charge in [-0.2, -0.15) is 0 Å². The Kier molecular flexibility index (Phi) is 6.06. The monoisotopic (exact) mass is 384 g/mol. The van der Waals surface area contributed by atoms with Crippen molar-refractivity contribution in [1.29, 1.82) is 0 Å². The van der Waals surface area contributed by atoms with Crippen molar-refractivity contribution in [2.75, 3.05) is 13.1 Å². The van der Waals surface area contributed by atoms with E-state index in [9.17, 15) is 4.79 Å². The number of hydrogen-bond donors (Lipinski definition) is 1. The molecule has 2 N–H and O–H groups in total. The standard InChI is InChI=1S/C26H28N2O/c27-19-21-7-5-11-25(17-21)23-12-14-28(15-13-23)26(29)18-20-6-4-10-24(16-20)22-8-2-1-3-9-22/h1-11,16-17,23H,12-15,18-19,27H2. The van der Waals surface area contributed by atoms with Crippen molar-refractivity contribution in [3.8, 4) is 11.1 Å². The molecular formula is C26H28N2O. The number of benzene rings is 3. The van der Waals surface area contributed by atoms with Gasteiger partial charge in [-0.05, 0) is 46.6 Å². The average Bonchev–Trinajstić information content (AvgIpc) is 2.80. The zero-order valence-electron chi connectivity index (χ0n) is 16.8. The molecule has 0 aliphatic carbocycles. The van der Waals surface area contributed by atoms with E-state index in [2.05, 4.69) is 54.6 Å². The topological polar surface area (TPSA) is 46.3 Å². The van der Waals surface area contributed by atoms with E-state index in [1.807, 2.05) is 29.2 Å². The fourth-order valence-electron chi connectivity index (χ4n) is 4.21. The van der Waals surface area contributed by atoms with Crippen molar-refractivity contribution in [3.63, 3.8) is 0 Å². The fourth-order valence-corrected chi connectivity index (χ4v) is 4.21. The van der Waals surface area contributed by atoms with Crippen LogP contribution in [-0.2, 0) is 17.8 Å². The van der Waals surface area contributed by atoms with Gasteiger partial charge in [0, 0.05) is 19.6 Å². The average molecular weight is 385 g/mol. The summed E-state index contributed by atoms with van der Waals surface area (Å²) < 4.78 is 0. The highest BCUT2D eigenvalue weighted by atomic mass is 16.2. The molecule has 1 heterocycles. The van der Waals surface area contributed by atoms with Crippen LogP contribution in [0.3, 0.4) is 0 Å². The van der Waals surface area contributed by atoms with Crippen LogP contribution in [0.5, 0.6) is 0 Å². The van der Waals surface area contributed by atoms with Crippen LogP contribution < -0.4 is 5.73 Å². The summed E-state index contributed by atoms with van der Waals surface area (Å²) in [4.78, 5) is 14.9. The molecule has 4 rings (SSSR count). The molecule has 0 aromatic heterocycles. The Bertz CT molecular complexity index is 959. The highest BCUT2D eigenvalue weighted by molar-refractivity contribution is 5.79. The third-order valence-corrected chi connectivity index (χ3v) is 5.90. The highest BCUT2D eigenvalue weighted by Gasteiger charge is 2.24. The molecule has 0 radical (unpaired) electrons. The summed E-state index contributed by atoms with van der Waals surface area (Å²) in [6.45, 7) is 2.23. The lowest BCUT2D eigenvalue weighted by Crippen LogP contribution is -2.38. The van der Waals surface area contributed by atoms with Crippen LogP contribution in [0.4, 0.5) is 0 Å². The molecule has 0 saturated carbocycles. The molecule has 0 atom stereocenters. The minimum absolute atomic E-state index is 0.226. The van der Waals surface area contributed by atoms with Crippen molar-refractivity contribution in [3.05, 3.63) is 95.6 Å². The number of amides is 1. The first-order valence-electron chi connectivity index (χ1n) is 10.4. The molecule has 3 aromatic carbocycles. The first-order chi connectivity index (χ1) is 14.2. The lowest BCUT2D eigenvalue weighted by Gasteiger charge is -2.32. The van der Waals surface area contributed by atoms with Gasteiger partial charge in [0.1, 0.15) is 0 Å². The summed E-state index contributed by atoms with van der Waals surface area (Å²) in [6.07, 6.45) is 2.50. The zero-order valence-corrected chi connectivity index (χ0v) is 16.8. The smallest absolute Gasteiger partial charge is 0.226 e. The lowest BCUT2D eigenvalue weighted by molar-refractivity contribution is -0.131. The summed E-state index contributed by atoms with van der Waals surface area (Å²) in [5.74, 6) is 0.747. The third kappa shape index (κ3) is 4.75. The maximum absolute atomic E-state index is 12.9. The van der Waals surface area contributed by atoms with Crippen molar-refractivity contribution < 1.29 is 4.79 Å². The molecule has 1 amide bonds. The number of carbonyl (C=O) groups excluding carboxylic acids is 1. The second kappa shape index (κ2) is 9.06. The Balaban J connectivity index is 1.37. The molecule has 0 bridgehead atoms. The molecule has 0 unspecified atom stereocenters. The van der Waals surface area contributed by atoms with Crippen LogP contribution in [0.15, 0.2) is 78.9 Å². The lowest BCUT2D eigenvalue weighted by atomic mass is 9.88.